The van der Waals surface area contributed by atoms with Gasteiger partial charge in [0.25, 0.3) is 0 Å². The Morgan fingerprint density at radius 2 is 1.31 bits per heavy atom. The van der Waals surface area contributed by atoms with Crippen LogP contribution in [0.5, 0.6) is 0 Å². The van der Waals surface area contributed by atoms with Gasteiger partial charge in [0, 0.05) is 16.8 Å². The van der Waals surface area contributed by atoms with Crippen LogP contribution < -0.4 is 0 Å². The van der Waals surface area contributed by atoms with Crippen LogP contribution in [0.25, 0.3) is 0 Å². The smallest absolute Gasteiger partial charge is 0.185 e. The lowest BCUT2D eigenvalue weighted by molar-refractivity contribution is 0.0999. The summed E-state index contributed by atoms with van der Waals surface area (Å²) in [5.41, 5.74) is 7.80. The van der Waals surface area contributed by atoms with E-state index < -0.39 is 0 Å². The van der Waals surface area contributed by atoms with Gasteiger partial charge >= 0.3 is 0 Å². The van der Waals surface area contributed by atoms with E-state index in [1.54, 1.807) is 0 Å². The van der Waals surface area contributed by atoms with E-state index in [0.29, 0.717) is 6.54 Å². The van der Waals surface area contributed by atoms with E-state index in [1.807, 2.05) is 13.8 Å². The second-order valence-electron chi connectivity index (χ2n) is 4.57. The van der Waals surface area contributed by atoms with Crippen LogP contribution in [0.1, 0.15) is 45.1 Å². The SMILES string of the molecule is CC1=NCC(=O)c2c(C)c(C)c(C)c(C)c21. The highest BCUT2D eigenvalue weighted by Crippen LogP contribution is 2.29. The number of Topliss-reactive ketones (excluding diaryl/α,β-unsaturated/α-hetero) is 1. The van der Waals surface area contributed by atoms with Crippen molar-refractivity contribution in [2.45, 2.75) is 34.6 Å². The quantitative estimate of drug-likeness (QED) is 0.654. The normalized spacial score (nSPS) is 14.8. The second kappa shape index (κ2) is 3.55. The fourth-order valence-corrected chi connectivity index (χ4v) is 2.46. The van der Waals surface area contributed by atoms with Gasteiger partial charge < -0.3 is 0 Å². The van der Waals surface area contributed by atoms with Crippen molar-refractivity contribution in [3.8, 4) is 0 Å². The zero-order chi connectivity index (χ0) is 12.0. The van der Waals surface area contributed by atoms with Crippen molar-refractivity contribution >= 4 is 11.5 Å². The van der Waals surface area contributed by atoms with Gasteiger partial charge in [0.05, 0.1) is 0 Å². The van der Waals surface area contributed by atoms with E-state index in [0.717, 1.165) is 22.4 Å². The van der Waals surface area contributed by atoms with Crippen molar-refractivity contribution in [3.05, 3.63) is 33.4 Å². The first-order chi connectivity index (χ1) is 7.45. The van der Waals surface area contributed by atoms with Gasteiger partial charge in [-0.15, -0.1) is 0 Å². The molecule has 2 rings (SSSR count). The number of hydrogen-bond donors (Lipinski definition) is 0. The zero-order valence-electron chi connectivity index (χ0n) is 10.6. The minimum Gasteiger partial charge on any atom is -0.292 e. The number of aliphatic imine (C=N–C) groups is 1. The fourth-order valence-electron chi connectivity index (χ4n) is 2.46. The maximum Gasteiger partial charge on any atom is 0.185 e. The summed E-state index contributed by atoms with van der Waals surface area (Å²) >= 11 is 0. The minimum absolute atomic E-state index is 0.157. The number of nitrogens with zero attached hydrogens (tertiary/aromatic N) is 1. The minimum atomic E-state index is 0.157. The van der Waals surface area contributed by atoms with Crippen LogP contribution >= 0.6 is 0 Å². The van der Waals surface area contributed by atoms with Gasteiger partial charge in [-0.25, -0.2) is 0 Å². The Morgan fingerprint density at radius 3 is 1.88 bits per heavy atom. The predicted octanol–water partition coefficient (Wildman–Crippen LogP) is 2.93. The van der Waals surface area contributed by atoms with Crippen LogP contribution in [0.3, 0.4) is 0 Å². The fraction of sp³-hybridized carbons (Fsp3) is 0.429. The zero-order valence-corrected chi connectivity index (χ0v) is 10.6. The molecule has 1 aromatic carbocycles. The molecule has 1 aliphatic heterocycles. The molecule has 84 valence electrons. The third-order valence-electron chi connectivity index (χ3n) is 3.79. The molecule has 2 heteroatoms. The maximum absolute atomic E-state index is 12.0. The van der Waals surface area contributed by atoms with Crippen LogP contribution in [-0.2, 0) is 0 Å². The van der Waals surface area contributed by atoms with E-state index in [1.165, 1.54) is 16.7 Å². The summed E-state index contributed by atoms with van der Waals surface area (Å²) in [6.45, 7) is 10.6. The van der Waals surface area contributed by atoms with E-state index in [9.17, 15) is 4.79 Å². The Bertz CT molecular complexity index is 524. The van der Waals surface area contributed by atoms with Crippen LogP contribution in [-0.4, -0.2) is 18.0 Å². The number of carbonyl (C=O) groups is 1. The third-order valence-corrected chi connectivity index (χ3v) is 3.79. The molecular weight excluding hydrogens is 198 g/mol. The van der Waals surface area contributed by atoms with Crippen molar-refractivity contribution in [1.82, 2.24) is 0 Å². The van der Waals surface area contributed by atoms with Crippen molar-refractivity contribution in [1.29, 1.82) is 0 Å². The van der Waals surface area contributed by atoms with Crippen molar-refractivity contribution in [2.24, 2.45) is 4.99 Å². The number of hydrogen-bond acceptors (Lipinski definition) is 2. The molecule has 0 saturated carbocycles. The molecule has 0 aromatic heterocycles. The molecular formula is C14H17NO. The van der Waals surface area contributed by atoms with Crippen LogP contribution in [0.15, 0.2) is 4.99 Å². The van der Waals surface area contributed by atoms with Crippen molar-refractivity contribution in [3.63, 3.8) is 0 Å². The Labute approximate surface area is 96.4 Å². The highest BCUT2D eigenvalue weighted by molar-refractivity contribution is 6.16. The molecule has 0 amide bonds. The topological polar surface area (TPSA) is 29.4 Å². The van der Waals surface area contributed by atoms with E-state index in [2.05, 4.69) is 25.8 Å². The number of ketones is 1. The molecule has 0 spiro atoms. The maximum atomic E-state index is 12.0. The van der Waals surface area contributed by atoms with Gasteiger partial charge in [-0.3, -0.25) is 9.79 Å². The molecule has 16 heavy (non-hydrogen) atoms. The van der Waals surface area contributed by atoms with E-state index in [-0.39, 0.29) is 5.78 Å². The summed E-state index contributed by atoms with van der Waals surface area (Å²) in [7, 11) is 0. The molecule has 0 saturated heterocycles. The summed E-state index contributed by atoms with van der Waals surface area (Å²) in [6, 6.07) is 0. The van der Waals surface area contributed by atoms with Crippen LogP contribution in [0.2, 0.25) is 0 Å². The highest BCUT2D eigenvalue weighted by Gasteiger charge is 2.24. The van der Waals surface area contributed by atoms with Crippen LogP contribution in [0.4, 0.5) is 0 Å². The molecule has 2 nitrogen and oxygen atoms in total. The molecule has 1 aromatic rings. The van der Waals surface area contributed by atoms with E-state index in [4.69, 9.17) is 0 Å². The lowest BCUT2D eigenvalue weighted by Gasteiger charge is -2.22. The van der Waals surface area contributed by atoms with Crippen LogP contribution in [0, 0.1) is 27.7 Å². The van der Waals surface area contributed by atoms with Gasteiger partial charge in [-0.1, -0.05) is 0 Å². The first-order valence-electron chi connectivity index (χ1n) is 5.60. The Hall–Kier alpha value is -1.44. The average Bonchev–Trinajstić information content (AvgIpc) is 2.26. The average molecular weight is 215 g/mol. The Kier molecular flexibility index (Phi) is 2.45. The molecule has 0 N–H and O–H groups in total. The molecule has 0 unspecified atom stereocenters. The monoisotopic (exact) mass is 215 g/mol. The first-order valence-corrected chi connectivity index (χ1v) is 5.60. The summed E-state index contributed by atoms with van der Waals surface area (Å²) < 4.78 is 0. The number of fused-ring (bicyclic) bond motifs is 1. The number of rotatable bonds is 0. The molecule has 0 aliphatic carbocycles. The second-order valence-corrected chi connectivity index (χ2v) is 4.57. The van der Waals surface area contributed by atoms with Gasteiger partial charge in [0.1, 0.15) is 6.54 Å². The molecule has 0 radical (unpaired) electrons. The summed E-state index contributed by atoms with van der Waals surface area (Å²) in [5, 5.41) is 0. The van der Waals surface area contributed by atoms with Crippen molar-refractivity contribution < 1.29 is 4.79 Å². The summed E-state index contributed by atoms with van der Waals surface area (Å²) in [4.78, 5) is 16.3. The standard InChI is InChI=1S/C14H17NO/c1-7-8(2)10(4)14-12(16)6-15-11(5)13(14)9(7)3/h6H2,1-5H3. The lowest BCUT2D eigenvalue weighted by atomic mass is 9.84. The molecule has 1 aliphatic rings. The molecule has 0 atom stereocenters. The largest absolute Gasteiger partial charge is 0.292 e. The Balaban J connectivity index is 2.92. The lowest BCUT2D eigenvalue weighted by Crippen LogP contribution is -2.21. The molecule has 1 heterocycles. The molecule has 0 fully saturated rings. The van der Waals surface area contributed by atoms with Gasteiger partial charge in [-0.2, -0.15) is 0 Å². The van der Waals surface area contributed by atoms with Gasteiger partial charge in [-0.05, 0) is 56.9 Å². The van der Waals surface area contributed by atoms with E-state index >= 15 is 0 Å². The van der Waals surface area contributed by atoms with Gasteiger partial charge in [0.2, 0.25) is 0 Å². The summed E-state index contributed by atoms with van der Waals surface area (Å²) in [6.07, 6.45) is 0. The molecule has 0 bridgehead atoms. The first kappa shape index (κ1) is 11.1. The number of carbonyl (C=O) groups excluding carboxylic acids is 1. The third kappa shape index (κ3) is 1.33. The predicted molar refractivity (Wildman–Crippen MR) is 66.8 cm³/mol. The summed E-state index contributed by atoms with van der Waals surface area (Å²) in [5.74, 6) is 0.157. The Morgan fingerprint density at radius 1 is 0.812 bits per heavy atom. The van der Waals surface area contributed by atoms with Crippen molar-refractivity contribution in [2.75, 3.05) is 6.54 Å². The van der Waals surface area contributed by atoms with Gasteiger partial charge in [0.15, 0.2) is 5.78 Å². The number of benzene rings is 1. The highest BCUT2D eigenvalue weighted by atomic mass is 16.1.